The van der Waals surface area contributed by atoms with Gasteiger partial charge in [-0.05, 0) is 35.8 Å². The van der Waals surface area contributed by atoms with Gasteiger partial charge in [-0.2, -0.15) is 14.7 Å². The van der Waals surface area contributed by atoms with E-state index in [1.807, 2.05) is 42.5 Å². The third-order valence-corrected chi connectivity index (χ3v) is 4.90. The van der Waals surface area contributed by atoms with Gasteiger partial charge in [-0.3, -0.25) is 4.79 Å². The van der Waals surface area contributed by atoms with Crippen molar-refractivity contribution in [2.45, 2.75) is 0 Å². The van der Waals surface area contributed by atoms with Crippen LogP contribution in [0.5, 0.6) is 11.6 Å². The highest BCUT2D eigenvalue weighted by molar-refractivity contribution is 7.13. The Labute approximate surface area is 170 Å². The Bertz CT molecular complexity index is 1220. The number of methoxy groups -OCH3 is 1. The maximum atomic E-state index is 12.5. The maximum absolute atomic E-state index is 12.5. The summed E-state index contributed by atoms with van der Waals surface area (Å²) in [5.74, 6) is 0.905. The van der Waals surface area contributed by atoms with Crippen molar-refractivity contribution in [3.63, 3.8) is 0 Å². The Balaban J connectivity index is 1.54. The van der Waals surface area contributed by atoms with E-state index in [2.05, 4.69) is 14.8 Å². The lowest BCUT2D eigenvalue weighted by molar-refractivity contribution is -0.118. The molecule has 0 aliphatic rings. The first-order valence-corrected chi connectivity index (χ1v) is 9.37. The normalized spacial score (nSPS) is 10.5. The number of anilines is 1. The molecule has 0 saturated heterocycles. The summed E-state index contributed by atoms with van der Waals surface area (Å²) in [6, 6.07) is 18.3. The average Bonchev–Trinajstić information content (AvgIpc) is 3.36. The van der Waals surface area contributed by atoms with Gasteiger partial charge in [-0.1, -0.05) is 24.3 Å². The number of rotatable bonds is 6. The smallest absolute Gasteiger partial charge is 0.263 e. The molecule has 0 spiro atoms. The van der Waals surface area contributed by atoms with Crippen LogP contribution in [-0.4, -0.2) is 33.8 Å². The lowest BCUT2D eigenvalue weighted by Gasteiger charge is -2.12. The van der Waals surface area contributed by atoms with E-state index in [0.717, 1.165) is 10.1 Å². The Kier molecular flexibility index (Phi) is 5.09. The van der Waals surface area contributed by atoms with Gasteiger partial charge in [0.2, 0.25) is 5.88 Å². The van der Waals surface area contributed by atoms with Gasteiger partial charge in [0.25, 0.3) is 5.91 Å². The zero-order chi connectivity index (χ0) is 20.2. The van der Waals surface area contributed by atoms with Crippen molar-refractivity contribution in [2.75, 3.05) is 19.0 Å². The summed E-state index contributed by atoms with van der Waals surface area (Å²) in [5, 5.41) is 17.0. The molecule has 0 fully saturated rings. The molecule has 4 rings (SSSR count). The van der Waals surface area contributed by atoms with Gasteiger partial charge in [0.05, 0.1) is 17.2 Å². The van der Waals surface area contributed by atoms with Gasteiger partial charge in [-0.25, -0.2) is 4.68 Å². The molecule has 9 heteroatoms. The first kappa shape index (κ1) is 18.5. The van der Waals surface area contributed by atoms with Crippen molar-refractivity contribution in [3.8, 4) is 23.4 Å². The highest BCUT2D eigenvalue weighted by Crippen LogP contribution is 2.28. The van der Waals surface area contributed by atoms with E-state index in [1.165, 1.54) is 29.4 Å². The average molecular weight is 405 g/mol. The minimum absolute atomic E-state index is 0.164. The lowest BCUT2D eigenvalue weighted by atomic mass is 10.3. The minimum Gasteiger partial charge on any atom is -0.494 e. The minimum atomic E-state index is -0.400. The van der Waals surface area contributed by atoms with Crippen LogP contribution in [-0.2, 0) is 4.79 Å². The first-order valence-electron chi connectivity index (χ1n) is 8.60. The zero-order valence-electron chi connectivity index (χ0n) is 15.3. The van der Waals surface area contributed by atoms with E-state index in [4.69, 9.17) is 9.47 Å². The molecule has 8 nitrogen and oxygen atoms in total. The number of fused-ring (bicyclic) bond motifs is 1. The van der Waals surface area contributed by atoms with Crippen LogP contribution >= 0.6 is 11.5 Å². The third-order valence-electron chi connectivity index (χ3n) is 4.09. The maximum Gasteiger partial charge on any atom is 0.263 e. The molecule has 0 atom stereocenters. The highest BCUT2D eigenvalue weighted by Gasteiger charge is 2.16. The van der Waals surface area contributed by atoms with Crippen molar-refractivity contribution in [2.24, 2.45) is 0 Å². The van der Waals surface area contributed by atoms with Crippen LogP contribution in [0.2, 0.25) is 0 Å². The summed E-state index contributed by atoms with van der Waals surface area (Å²) >= 11 is 1.31. The van der Waals surface area contributed by atoms with Gasteiger partial charge in [-0.15, -0.1) is 0 Å². The predicted molar refractivity (Wildman–Crippen MR) is 109 cm³/mol. The Hall–Kier alpha value is -3.90. The Morgan fingerprint density at radius 3 is 2.86 bits per heavy atom. The number of benzene rings is 2. The van der Waals surface area contributed by atoms with E-state index in [-0.39, 0.29) is 12.3 Å². The molecule has 0 saturated carbocycles. The van der Waals surface area contributed by atoms with Crippen molar-refractivity contribution in [1.82, 2.24) is 14.2 Å². The van der Waals surface area contributed by atoms with E-state index >= 15 is 0 Å². The number of nitrogens with zero attached hydrogens (tertiary/aromatic N) is 4. The molecule has 1 amide bonds. The van der Waals surface area contributed by atoms with Gasteiger partial charge in [0, 0.05) is 6.07 Å². The molecule has 2 heterocycles. The standard InChI is InChI=1S/C20H15N5O3S/c1-27-16-8-4-3-7-15(16)25-18(10-13(11-21)23-25)22-19(26)12-28-20-14-6-2-5-9-17(14)29-24-20/h2-10H,12H2,1H3,(H,22,26). The number of nitrogens with one attached hydrogen (secondary N) is 1. The zero-order valence-corrected chi connectivity index (χ0v) is 16.1. The second kappa shape index (κ2) is 8.00. The molecule has 0 bridgehead atoms. The van der Waals surface area contributed by atoms with Crippen molar-refractivity contribution < 1.29 is 14.3 Å². The van der Waals surface area contributed by atoms with Crippen LogP contribution in [0.15, 0.2) is 54.6 Å². The summed E-state index contributed by atoms with van der Waals surface area (Å²) < 4.78 is 17.6. The van der Waals surface area contributed by atoms with E-state index in [1.54, 1.807) is 12.1 Å². The fourth-order valence-corrected chi connectivity index (χ4v) is 3.52. The van der Waals surface area contributed by atoms with E-state index in [0.29, 0.717) is 23.1 Å². The highest BCUT2D eigenvalue weighted by atomic mass is 32.1. The molecular formula is C20H15N5O3S. The SMILES string of the molecule is COc1ccccc1-n1nc(C#N)cc1NC(=O)COc1nsc2ccccc12. The molecule has 29 heavy (non-hydrogen) atoms. The molecule has 4 aromatic rings. The number of para-hydroxylation sites is 2. The van der Waals surface area contributed by atoms with Crippen LogP contribution in [0.4, 0.5) is 5.82 Å². The number of ether oxygens (including phenoxy) is 2. The Morgan fingerprint density at radius 1 is 1.24 bits per heavy atom. The van der Waals surface area contributed by atoms with Crippen molar-refractivity contribution in [3.05, 3.63) is 60.3 Å². The van der Waals surface area contributed by atoms with Gasteiger partial charge in [0.1, 0.15) is 23.3 Å². The van der Waals surface area contributed by atoms with Crippen LogP contribution in [0.1, 0.15) is 5.69 Å². The number of carbonyl (C=O) groups is 1. The predicted octanol–water partition coefficient (Wildman–Crippen LogP) is 3.38. The van der Waals surface area contributed by atoms with Crippen molar-refractivity contribution >= 4 is 33.3 Å². The number of amides is 1. The number of hydrogen-bond acceptors (Lipinski definition) is 7. The molecule has 144 valence electrons. The number of hydrogen-bond donors (Lipinski definition) is 1. The van der Waals surface area contributed by atoms with Gasteiger partial charge >= 0.3 is 0 Å². The first-order chi connectivity index (χ1) is 14.2. The molecular weight excluding hydrogens is 390 g/mol. The summed E-state index contributed by atoms with van der Waals surface area (Å²) in [6.45, 7) is -0.229. The molecule has 0 aliphatic carbocycles. The fraction of sp³-hybridized carbons (Fsp3) is 0.100. The number of aromatic nitrogens is 3. The van der Waals surface area contributed by atoms with Crippen molar-refractivity contribution in [1.29, 1.82) is 5.26 Å². The van der Waals surface area contributed by atoms with E-state index in [9.17, 15) is 10.1 Å². The summed E-state index contributed by atoms with van der Waals surface area (Å²) in [5.41, 5.74) is 0.760. The third kappa shape index (κ3) is 3.74. The molecule has 2 aromatic carbocycles. The second-order valence-electron chi connectivity index (χ2n) is 5.93. The molecule has 0 aliphatic heterocycles. The number of nitriles is 1. The van der Waals surface area contributed by atoms with Crippen LogP contribution in [0.25, 0.3) is 15.8 Å². The monoisotopic (exact) mass is 405 g/mol. The van der Waals surface area contributed by atoms with Crippen LogP contribution in [0.3, 0.4) is 0 Å². The molecule has 2 aromatic heterocycles. The quantitative estimate of drug-likeness (QED) is 0.528. The van der Waals surface area contributed by atoms with Gasteiger partial charge < -0.3 is 14.8 Å². The Morgan fingerprint density at radius 2 is 2.03 bits per heavy atom. The summed E-state index contributed by atoms with van der Waals surface area (Å²) in [4.78, 5) is 12.5. The number of carbonyl (C=O) groups excluding carboxylic acids is 1. The van der Waals surface area contributed by atoms with E-state index < -0.39 is 5.91 Å². The second-order valence-corrected chi connectivity index (χ2v) is 6.74. The van der Waals surface area contributed by atoms with Gasteiger partial charge in [0.15, 0.2) is 12.3 Å². The van der Waals surface area contributed by atoms with Crippen LogP contribution in [0, 0.1) is 11.3 Å². The summed E-state index contributed by atoms with van der Waals surface area (Å²) in [7, 11) is 1.54. The fourth-order valence-electron chi connectivity index (χ4n) is 2.79. The summed E-state index contributed by atoms with van der Waals surface area (Å²) in [6.07, 6.45) is 0. The largest absolute Gasteiger partial charge is 0.494 e. The molecule has 0 unspecified atom stereocenters. The topological polar surface area (TPSA) is 102 Å². The lowest BCUT2D eigenvalue weighted by Crippen LogP contribution is -2.22. The molecule has 0 radical (unpaired) electrons. The molecule has 1 N–H and O–H groups in total. The van der Waals surface area contributed by atoms with Crippen LogP contribution < -0.4 is 14.8 Å².